The third kappa shape index (κ3) is 3.35. The highest BCUT2D eigenvalue weighted by Crippen LogP contribution is 2.32. The summed E-state index contributed by atoms with van der Waals surface area (Å²) in [4.78, 5) is 12.3. The first kappa shape index (κ1) is 11.7. The van der Waals surface area contributed by atoms with Gasteiger partial charge in [-0.1, -0.05) is 0 Å². The Kier molecular flexibility index (Phi) is 4.94. The second-order valence-corrected chi connectivity index (χ2v) is 6.11. The van der Waals surface area contributed by atoms with Gasteiger partial charge in [0.15, 0.2) is 5.78 Å². The van der Waals surface area contributed by atoms with Crippen LogP contribution in [0.5, 0.6) is 0 Å². The first-order valence-electron chi connectivity index (χ1n) is 3.69. The number of ketones is 1. The van der Waals surface area contributed by atoms with Gasteiger partial charge in [-0.15, -0.1) is 22.9 Å². The van der Waals surface area contributed by atoms with Crippen LogP contribution in [0.15, 0.2) is 14.3 Å². The maximum absolute atomic E-state index is 11.5. The van der Waals surface area contributed by atoms with Gasteiger partial charge in [-0.25, -0.2) is 0 Å². The van der Waals surface area contributed by atoms with Crippen molar-refractivity contribution in [2.45, 2.75) is 12.8 Å². The molecular formula is C8H7Br2ClOS. The van der Waals surface area contributed by atoms with Crippen LogP contribution in [0.4, 0.5) is 0 Å². The summed E-state index contributed by atoms with van der Waals surface area (Å²) in [6.07, 6.45) is 1.26. The SMILES string of the molecule is O=C(CCCCl)c1sc(Br)cc1Br. The lowest BCUT2D eigenvalue weighted by Crippen LogP contribution is -1.96. The van der Waals surface area contributed by atoms with Gasteiger partial charge in [0.1, 0.15) is 0 Å². The van der Waals surface area contributed by atoms with Gasteiger partial charge in [0, 0.05) is 16.8 Å². The monoisotopic (exact) mass is 344 g/mol. The van der Waals surface area contributed by atoms with Crippen LogP contribution in [0.1, 0.15) is 22.5 Å². The molecule has 1 heterocycles. The molecule has 0 aromatic carbocycles. The van der Waals surface area contributed by atoms with E-state index >= 15 is 0 Å². The Bertz CT molecular complexity index is 311. The van der Waals surface area contributed by atoms with E-state index in [2.05, 4.69) is 31.9 Å². The number of carbonyl (C=O) groups is 1. The zero-order valence-electron chi connectivity index (χ0n) is 6.65. The van der Waals surface area contributed by atoms with Crippen LogP contribution in [0.25, 0.3) is 0 Å². The molecule has 0 saturated carbocycles. The molecular weight excluding hydrogens is 339 g/mol. The van der Waals surface area contributed by atoms with Gasteiger partial charge in [0.05, 0.1) is 8.66 Å². The van der Waals surface area contributed by atoms with Gasteiger partial charge in [-0.2, -0.15) is 0 Å². The molecule has 0 aliphatic carbocycles. The summed E-state index contributed by atoms with van der Waals surface area (Å²) in [5, 5.41) is 0. The average Bonchev–Trinajstić information content (AvgIpc) is 2.41. The molecule has 0 aliphatic heterocycles. The Morgan fingerprint density at radius 3 is 2.69 bits per heavy atom. The van der Waals surface area contributed by atoms with Crippen LogP contribution in [-0.4, -0.2) is 11.7 Å². The molecule has 0 unspecified atom stereocenters. The Morgan fingerprint density at radius 2 is 2.23 bits per heavy atom. The molecule has 1 aromatic heterocycles. The molecule has 1 rings (SSSR count). The molecule has 0 atom stereocenters. The van der Waals surface area contributed by atoms with E-state index in [4.69, 9.17) is 11.6 Å². The third-order valence-electron chi connectivity index (χ3n) is 1.45. The zero-order valence-corrected chi connectivity index (χ0v) is 11.4. The molecule has 0 aliphatic rings. The molecule has 72 valence electrons. The van der Waals surface area contributed by atoms with E-state index < -0.39 is 0 Å². The maximum atomic E-state index is 11.5. The lowest BCUT2D eigenvalue weighted by molar-refractivity contribution is 0.0985. The molecule has 0 bridgehead atoms. The fourth-order valence-electron chi connectivity index (χ4n) is 0.872. The van der Waals surface area contributed by atoms with E-state index in [-0.39, 0.29) is 5.78 Å². The summed E-state index contributed by atoms with van der Waals surface area (Å²) >= 11 is 13.6. The second kappa shape index (κ2) is 5.49. The van der Waals surface area contributed by atoms with Crippen LogP contribution in [0, 0.1) is 0 Å². The van der Waals surface area contributed by atoms with Crippen molar-refractivity contribution in [2.75, 3.05) is 5.88 Å². The fourth-order valence-corrected chi connectivity index (χ4v) is 3.62. The number of Topliss-reactive ketones (excluding diaryl/α,β-unsaturated/α-hetero) is 1. The molecule has 1 aromatic rings. The topological polar surface area (TPSA) is 17.1 Å². The first-order chi connectivity index (χ1) is 6.15. The summed E-state index contributed by atoms with van der Waals surface area (Å²) in [6, 6.07) is 1.89. The van der Waals surface area contributed by atoms with E-state index in [9.17, 15) is 4.79 Å². The first-order valence-corrected chi connectivity index (χ1v) is 6.63. The summed E-state index contributed by atoms with van der Waals surface area (Å²) in [7, 11) is 0. The Balaban J connectivity index is 2.70. The number of halogens is 3. The van der Waals surface area contributed by atoms with Crippen molar-refractivity contribution in [1.82, 2.24) is 0 Å². The standard InChI is InChI=1S/C8H7Br2ClOS/c9-5-4-7(10)13-8(5)6(12)2-1-3-11/h4H,1-3H2. The average molecular weight is 346 g/mol. The highest BCUT2D eigenvalue weighted by molar-refractivity contribution is 9.11. The fraction of sp³-hybridized carbons (Fsp3) is 0.375. The number of alkyl halides is 1. The Labute approximate surface area is 103 Å². The zero-order chi connectivity index (χ0) is 9.84. The van der Waals surface area contributed by atoms with Crippen molar-refractivity contribution in [3.63, 3.8) is 0 Å². The molecule has 13 heavy (non-hydrogen) atoms. The number of thiophene rings is 1. The van der Waals surface area contributed by atoms with Gasteiger partial charge in [-0.05, 0) is 44.3 Å². The van der Waals surface area contributed by atoms with E-state index in [0.29, 0.717) is 12.3 Å². The highest BCUT2D eigenvalue weighted by atomic mass is 79.9. The van der Waals surface area contributed by atoms with E-state index in [1.807, 2.05) is 6.07 Å². The van der Waals surface area contributed by atoms with Crippen LogP contribution in [-0.2, 0) is 0 Å². The number of hydrogen-bond donors (Lipinski definition) is 0. The van der Waals surface area contributed by atoms with Crippen molar-refractivity contribution in [3.05, 3.63) is 19.2 Å². The largest absolute Gasteiger partial charge is 0.293 e. The van der Waals surface area contributed by atoms with Crippen LogP contribution < -0.4 is 0 Å². The van der Waals surface area contributed by atoms with Crippen molar-refractivity contribution < 1.29 is 4.79 Å². The molecule has 0 fully saturated rings. The van der Waals surface area contributed by atoms with Gasteiger partial charge in [0.25, 0.3) is 0 Å². The Morgan fingerprint density at radius 1 is 1.54 bits per heavy atom. The summed E-state index contributed by atoms with van der Waals surface area (Å²) < 4.78 is 1.83. The van der Waals surface area contributed by atoms with Crippen LogP contribution in [0.2, 0.25) is 0 Å². The molecule has 0 N–H and O–H groups in total. The minimum atomic E-state index is 0.156. The van der Waals surface area contributed by atoms with Crippen molar-refractivity contribution in [2.24, 2.45) is 0 Å². The molecule has 0 amide bonds. The smallest absolute Gasteiger partial charge is 0.174 e. The molecule has 1 nitrogen and oxygen atoms in total. The summed E-state index contributed by atoms with van der Waals surface area (Å²) in [5.74, 6) is 0.693. The van der Waals surface area contributed by atoms with Gasteiger partial charge >= 0.3 is 0 Å². The maximum Gasteiger partial charge on any atom is 0.174 e. The normalized spacial score (nSPS) is 10.4. The lowest BCUT2D eigenvalue weighted by atomic mass is 10.2. The van der Waals surface area contributed by atoms with E-state index in [0.717, 1.165) is 19.6 Å². The van der Waals surface area contributed by atoms with Gasteiger partial charge in [0.2, 0.25) is 0 Å². The number of carbonyl (C=O) groups excluding carboxylic acids is 1. The third-order valence-corrected chi connectivity index (χ3v) is 4.28. The van der Waals surface area contributed by atoms with Gasteiger partial charge in [-0.3, -0.25) is 4.79 Å². The Hall–Kier alpha value is 0.620. The minimum absolute atomic E-state index is 0.156. The van der Waals surface area contributed by atoms with Crippen LogP contribution >= 0.6 is 54.8 Å². The summed E-state index contributed by atoms with van der Waals surface area (Å²) in [5.41, 5.74) is 0. The van der Waals surface area contributed by atoms with Gasteiger partial charge < -0.3 is 0 Å². The van der Waals surface area contributed by atoms with Crippen molar-refractivity contribution >= 4 is 60.6 Å². The van der Waals surface area contributed by atoms with E-state index in [1.54, 1.807) is 0 Å². The molecule has 0 spiro atoms. The molecule has 5 heteroatoms. The van der Waals surface area contributed by atoms with E-state index in [1.165, 1.54) is 11.3 Å². The van der Waals surface area contributed by atoms with Crippen LogP contribution in [0.3, 0.4) is 0 Å². The molecule has 0 saturated heterocycles. The predicted octanol–water partition coefficient (Wildman–Crippen LogP) is 4.47. The predicted molar refractivity (Wildman–Crippen MR) is 64.0 cm³/mol. The number of hydrogen-bond acceptors (Lipinski definition) is 2. The molecule has 0 radical (unpaired) electrons. The summed E-state index contributed by atoms with van der Waals surface area (Å²) in [6.45, 7) is 0. The second-order valence-electron chi connectivity index (χ2n) is 2.44. The minimum Gasteiger partial charge on any atom is -0.293 e. The number of rotatable bonds is 4. The van der Waals surface area contributed by atoms with Crippen molar-refractivity contribution in [3.8, 4) is 0 Å². The highest BCUT2D eigenvalue weighted by Gasteiger charge is 2.12. The lowest BCUT2D eigenvalue weighted by Gasteiger charge is -1.95. The van der Waals surface area contributed by atoms with Crippen molar-refractivity contribution in [1.29, 1.82) is 0 Å². The quantitative estimate of drug-likeness (QED) is 0.580.